The van der Waals surface area contributed by atoms with Crippen LogP contribution >= 0.6 is 0 Å². The number of aromatic nitrogens is 5. The number of hydrogen-bond acceptors (Lipinski definition) is 5. The van der Waals surface area contributed by atoms with Crippen LogP contribution in [0.5, 0.6) is 0 Å². The molecule has 0 saturated heterocycles. The van der Waals surface area contributed by atoms with Crippen LogP contribution in [-0.4, -0.2) is 29.7 Å². The van der Waals surface area contributed by atoms with E-state index in [4.69, 9.17) is 0 Å². The Bertz CT molecular complexity index is 821. The first kappa shape index (κ1) is 16.1. The standard InChI is InChI=1S/C16H20N6O2/c1-2-3-4-5-6-7-14-18-19-16-17-15(20-21(14)16)12-8-10-13(11-9-12)22(23)24/h8-11H,2-7H2,1H3,(H,17,19,20). The van der Waals surface area contributed by atoms with Gasteiger partial charge in [0.05, 0.1) is 4.92 Å². The Hall–Kier alpha value is -2.77. The highest BCUT2D eigenvalue weighted by Gasteiger charge is 2.13. The number of benzene rings is 1. The smallest absolute Gasteiger partial charge is 0.272 e. The van der Waals surface area contributed by atoms with E-state index in [0.717, 1.165) is 24.2 Å². The van der Waals surface area contributed by atoms with Crippen LogP contribution in [0.15, 0.2) is 24.3 Å². The lowest BCUT2D eigenvalue weighted by Gasteiger charge is -1.99. The Kier molecular flexibility index (Phi) is 4.83. The van der Waals surface area contributed by atoms with Crippen LogP contribution in [0.4, 0.5) is 5.69 Å². The van der Waals surface area contributed by atoms with Crippen molar-refractivity contribution in [3.63, 3.8) is 0 Å². The quantitative estimate of drug-likeness (QED) is 0.387. The van der Waals surface area contributed by atoms with Crippen LogP contribution in [0.3, 0.4) is 0 Å². The van der Waals surface area contributed by atoms with Crippen molar-refractivity contribution in [1.29, 1.82) is 0 Å². The molecule has 0 aliphatic rings. The second kappa shape index (κ2) is 7.20. The monoisotopic (exact) mass is 328 g/mol. The van der Waals surface area contributed by atoms with E-state index in [2.05, 4.69) is 27.2 Å². The maximum absolute atomic E-state index is 10.7. The SMILES string of the molecule is CCCCCCCc1nnc2nc(-c3ccc([N+](=O)[O-])cc3)[nH]n12. The Morgan fingerprint density at radius 2 is 1.88 bits per heavy atom. The number of nitro benzene ring substituents is 1. The maximum atomic E-state index is 10.7. The second-order valence-electron chi connectivity index (χ2n) is 5.79. The molecule has 0 radical (unpaired) electrons. The molecule has 0 aliphatic heterocycles. The van der Waals surface area contributed by atoms with Gasteiger partial charge < -0.3 is 0 Å². The normalized spacial score (nSPS) is 11.2. The third-order valence-corrected chi connectivity index (χ3v) is 4.00. The van der Waals surface area contributed by atoms with E-state index in [1.165, 1.54) is 37.8 Å². The summed E-state index contributed by atoms with van der Waals surface area (Å²) in [7, 11) is 0. The first-order valence-corrected chi connectivity index (χ1v) is 8.24. The van der Waals surface area contributed by atoms with Crippen LogP contribution in [0.2, 0.25) is 0 Å². The fourth-order valence-electron chi connectivity index (χ4n) is 2.64. The van der Waals surface area contributed by atoms with Crippen LogP contribution in [0.1, 0.15) is 44.9 Å². The summed E-state index contributed by atoms with van der Waals surface area (Å²) in [5, 5.41) is 22.2. The van der Waals surface area contributed by atoms with E-state index < -0.39 is 4.92 Å². The first-order chi connectivity index (χ1) is 11.7. The fourth-order valence-corrected chi connectivity index (χ4v) is 2.64. The van der Waals surface area contributed by atoms with Gasteiger partial charge >= 0.3 is 0 Å². The number of non-ortho nitro benzene ring substituents is 1. The van der Waals surface area contributed by atoms with Gasteiger partial charge in [0.25, 0.3) is 11.5 Å². The van der Waals surface area contributed by atoms with Gasteiger partial charge in [-0.25, -0.2) is 4.52 Å². The topological polar surface area (TPSA) is 102 Å². The molecule has 0 atom stereocenters. The maximum Gasteiger partial charge on any atom is 0.272 e. The predicted molar refractivity (Wildman–Crippen MR) is 89.7 cm³/mol. The Morgan fingerprint density at radius 3 is 2.58 bits per heavy atom. The molecule has 0 aliphatic carbocycles. The minimum absolute atomic E-state index is 0.0597. The molecule has 0 bridgehead atoms. The molecule has 8 nitrogen and oxygen atoms in total. The molecule has 2 heterocycles. The van der Waals surface area contributed by atoms with E-state index >= 15 is 0 Å². The Balaban J connectivity index is 1.73. The summed E-state index contributed by atoms with van der Waals surface area (Å²) in [5.41, 5.74) is 0.838. The molecule has 24 heavy (non-hydrogen) atoms. The Morgan fingerprint density at radius 1 is 1.12 bits per heavy atom. The lowest BCUT2D eigenvalue weighted by Crippen LogP contribution is -1.96. The molecular formula is C16H20N6O2. The first-order valence-electron chi connectivity index (χ1n) is 8.24. The van der Waals surface area contributed by atoms with Gasteiger partial charge in [-0.2, -0.15) is 4.98 Å². The molecular weight excluding hydrogens is 308 g/mol. The van der Waals surface area contributed by atoms with Crippen molar-refractivity contribution in [2.24, 2.45) is 0 Å². The number of nitrogens with zero attached hydrogens (tertiary/aromatic N) is 5. The third-order valence-electron chi connectivity index (χ3n) is 4.00. The van der Waals surface area contributed by atoms with Crippen molar-refractivity contribution in [3.8, 4) is 11.4 Å². The van der Waals surface area contributed by atoms with Crippen LogP contribution in [-0.2, 0) is 6.42 Å². The average Bonchev–Trinajstić information content (AvgIpc) is 3.16. The lowest BCUT2D eigenvalue weighted by atomic mass is 10.1. The largest absolute Gasteiger partial charge is 0.272 e. The molecule has 0 fully saturated rings. The number of H-pyrrole nitrogens is 1. The van der Waals surface area contributed by atoms with Gasteiger partial charge in [0.2, 0.25) is 0 Å². The number of hydrogen-bond donors (Lipinski definition) is 1. The van der Waals surface area contributed by atoms with Crippen LogP contribution in [0.25, 0.3) is 17.2 Å². The number of nitrogens with one attached hydrogen (secondary N) is 1. The number of aromatic amines is 1. The summed E-state index contributed by atoms with van der Waals surface area (Å²) in [6.45, 7) is 2.20. The number of unbranched alkanes of at least 4 members (excludes halogenated alkanes) is 4. The summed E-state index contributed by atoms with van der Waals surface area (Å²) in [4.78, 5) is 14.7. The highest BCUT2D eigenvalue weighted by Crippen LogP contribution is 2.20. The van der Waals surface area contributed by atoms with Gasteiger partial charge in [-0.05, 0) is 18.6 Å². The molecule has 126 valence electrons. The molecule has 0 unspecified atom stereocenters. The van der Waals surface area contributed by atoms with Crippen molar-refractivity contribution in [2.45, 2.75) is 45.4 Å². The molecule has 3 rings (SSSR count). The molecule has 0 saturated carbocycles. The highest BCUT2D eigenvalue weighted by atomic mass is 16.6. The lowest BCUT2D eigenvalue weighted by molar-refractivity contribution is -0.384. The number of aryl methyl sites for hydroxylation is 1. The summed E-state index contributed by atoms with van der Waals surface area (Å²) in [6, 6.07) is 6.28. The van der Waals surface area contributed by atoms with Crippen molar-refractivity contribution < 1.29 is 4.92 Å². The van der Waals surface area contributed by atoms with Crippen LogP contribution < -0.4 is 0 Å². The van der Waals surface area contributed by atoms with Gasteiger partial charge in [-0.3, -0.25) is 15.2 Å². The molecule has 1 aromatic carbocycles. The molecule has 0 spiro atoms. The van der Waals surface area contributed by atoms with Gasteiger partial charge in [0.1, 0.15) is 0 Å². The van der Waals surface area contributed by atoms with E-state index in [1.54, 1.807) is 16.6 Å². The average molecular weight is 328 g/mol. The molecule has 3 aromatic rings. The fraction of sp³-hybridized carbons (Fsp3) is 0.438. The zero-order chi connectivity index (χ0) is 16.9. The molecule has 1 N–H and O–H groups in total. The summed E-state index contributed by atoms with van der Waals surface area (Å²) in [5.74, 6) is 2.01. The highest BCUT2D eigenvalue weighted by molar-refractivity contribution is 5.58. The minimum atomic E-state index is -0.417. The Labute approximate surface area is 139 Å². The number of rotatable bonds is 8. The van der Waals surface area contributed by atoms with E-state index in [9.17, 15) is 10.1 Å². The molecule has 2 aromatic heterocycles. The van der Waals surface area contributed by atoms with Crippen molar-refractivity contribution in [1.82, 2.24) is 24.8 Å². The van der Waals surface area contributed by atoms with Crippen LogP contribution in [0, 0.1) is 10.1 Å². The van der Waals surface area contributed by atoms with E-state index in [0.29, 0.717) is 11.6 Å². The van der Waals surface area contributed by atoms with Gasteiger partial charge in [-0.15, -0.1) is 10.2 Å². The molecule has 8 heteroatoms. The van der Waals surface area contributed by atoms with E-state index in [1.807, 2.05) is 0 Å². The summed E-state index contributed by atoms with van der Waals surface area (Å²) in [6.07, 6.45) is 6.86. The zero-order valence-electron chi connectivity index (χ0n) is 13.6. The van der Waals surface area contributed by atoms with Crippen molar-refractivity contribution in [2.75, 3.05) is 0 Å². The third kappa shape index (κ3) is 3.42. The zero-order valence-corrected chi connectivity index (χ0v) is 13.6. The second-order valence-corrected chi connectivity index (χ2v) is 5.79. The molecule has 0 amide bonds. The van der Waals surface area contributed by atoms with Gasteiger partial charge in [0.15, 0.2) is 11.6 Å². The number of nitro groups is 1. The van der Waals surface area contributed by atoms with Crippen molar-refractivity contribution in [3.05, 3.63) is 40.2 Å². The predicted octanol–water partition coefficient (Wildman–Crippen LogP) is 3.54. The summed E-state index contributed by atoms with van der Waals surface area (Å²) < 4.78 is 1.79. The van der Waals surface area contributed by atoms with Gasteiger partial charge in [0, 0.05) is 24.1 Å². The minimum Gasteiger partial charge on any atom is -0.272 e. The van der Waals surface area contributed by atoms with Crippen molar-refractivity contribution >= 4 is 11.5 Å². The number of fused-ring (bicyclic) bond motifs is 1. The summed E-state index contributed by atoms with van der Waals surface area (Å²) >= 11 is 0. The van der Waals surface area contributed by atoms with Gasteiger partial charge in [-0.1, -0.05) is 32.6 Å². The van der Waals surface area contributed by atoms with E-state index in [-0.39, 0.29) is 5.69 Å².